The van der Waals surface area contributed by atoms with E-state index in [9.17, 15) is 64.0 Å². The fraction of sp³-hybridized carbons (Fsp3) is 0.310. The molecule has 0 saturated carbocycles. The van der Waals surface area contributed by atoms with E-state index >= 15 is 0 Å². The van der Waals surface area contributed by atoms with Crippen LogP contribution >= 0.6 is 76.4 Å². The summed E-state index contributed by atoms with van der Waals surface area (Å²) < 4.78 is 27.1. The number of nitro benzene ring substituents is 2. The highest BCUT2D eigenvalue weighted by Gasteiger charge is 2.30. The van der Waals surface area contributed by atoms with Crippen molar-refractivity contribution in [3.05, 3.63) is 203 Å². The highest BCUT2D eigenvalue weighted by atomic mass is 79.9. The first-order valence-corrected chi connectivity index (χ1v) is 32.7. The maximum Gasteiger partial charge on any atom is 0.339 e. The van der Waals surface area contributed by atoms with Gasteiger partial charge in [-0.25, -0.2) is 4.79 Å². The Morgan fingerprint density at radius 1 is 0.417 bits per heavy atom. The van der Waals surface area contributed by atoms with E-state index in [0.29, 0.717) is 65.3 Å². The number of benzene rings is 7. The number of aromatic carboxylic acids is 1. The number of methoxy groups -OCH3 is 5. The first-order valence-electron chi connectivity index (χ1n) is 29.9. The van der Waals surface area contributed by atoms with Crippen LogP contribution in [0, 0.1) is 68.7 Å². The molecule has 0 radical (unpaired) electrons. The third-order valence-corrected chi connectivity index (χ3v) is 17.1. The number of carboxylic acid groups (broad SMARTS) is 1. The summed E-state index contributed by atoms with van der Waals surface area (Å²) >= 11 is 15.1. The molecule has 0 heterocycles. The second-order valence-corrected chi connectivity index (χ2v) is 25.5. The van der Waals surface area contributed by atoms with E-state index in [2.05, 4.69) is 47.8 Å². The van der Waals surface area contributed by atoms with Crippen molar-refractivity contribution in [3.8, 4) is 40.2 Å². The zero-order valence-electron chi connectivity index (χ0n) is 61.2. The molecule has 0 aromatic heterocycles. The van der Waals surface area contributed by atoms with Crippen LogP contribution in [0.25, 0.3) is 0 Å². The lowest BCUT2D eigenvalue weighted by Gasteiger charge is -2.16. The van der Waals surface area contributed by atoms with Crippen LogP contribution in [-0.4, -0.2) is 196 Å². The Bertz CT molecular complexity index is 4170. The highest BCUT2D eigenvalue weighted by Crippen LogP contribution is 2.40. The topological polar surface area (TPSA) is 355 Å². The molecule has 0 unspecified atom stereocenters. The molecule has 7 rings (SSSR count). The van der Waals surface area contributed by atoms with Crippen LogP contribution in [0.1, 0.15) is 111 Å². The van der Waals surface area contributed by atoms with Crippen LogP contribution in [0.2, 0.25) is 0 Å². The highest BCUT2D eigenvalue weighted by molar-refractivity contribution is 9.11. The molecule has 7 aromatic carbocycles. The van der Waals surface area contributed by atoms with Crippen LogP contribution in [0.5, 0.6) is 40.2 Å². The maximum absolute atomic E-state index is 12.1. The van der Waals surface area contributed by atoms with Crippen LogP contribution in [0.15, 0.2) is 104 Å². The van der Waals surface area contributed by atoms with Gasteiger partial charge < -0.3 is 69.2 Å². The number of carbonyl (C=O) groups excluding carboxylic acids is 6. The van der Waals surface area contributed by atoms with Crippen molar-refractivity contribution in [1.29, 1.82) is 0 Å². The van der Waals surface area contributed by atoms with Crippen LogP contribution in [0.4, 0.5) is 17.1 Å². The number of carbonyl (C=O) groups is 7. The van der Waals surface area contributed by atoms with Gasteiger partial charge >= 0.3 is 17.3 Å². The number of amides is 5. The number of phenolic OH excluding ortho intramolecular Hbond substituents is 2. The van der Waals surface area contributed by atoms with E-state index in [4.69, 9.17) is 46.1 Å². The van der Waals surface area contributed by atoms with E-state index < -0.39 is 38.4 Å². The number of hydrogen-bond donors (Lipinski definition) is 4. The Labute approximate surface area is 639 Å². The van der Waals surface area contributed by atoms with Gasteiger partial charge in [0.05, 0.1) is 84.5 Å². The second kappa shape index (κ2) is 43.4. The fourth-order valence-electron chi connectivity index (χ4n) is 8.86. The molecule has 27 nitrogen and oxygen atoms in total. The number of nitrogens with zero attached hydrogens (tertiary/aromatic N) is 7. The van der Waals surface area contributed by atoms with Gasteiger partial charge in [-0.1, -0.05) is 90.3 Å². The number of hydrogen-bond acceptors (Lipinski definition) is 19. The third-order valence-electron chi connectivity index (χ3n) is 14.4. The minimum Gasteiger partial charge on any atom is -0.505 e. The lowest BCUT2D eigenvalue weighted by atomic mass is 10.0. The zero-order valence-corrected chi connectivity index (χ0v) is 68.4. The summed E-state index contributed by atoms with van der Waals surface area (Å²) in [5, 5.41) is 49.4. The van der Waals surface area contributed by atoms with Gasteiger partial charge in [0.1, 0.15) is 28.6 Å². The second-order valence-electron chi connectivity index (χ2n) is 22.6. The Morgan fingerprint density at radius 3 is 1.11 bits per heavy atom. The molecule has 5 N–H and O–H groups in total. The molecular weight excluding hydrogens is 1620 g/mol. The summed E-state index contributed by atoms with van der Waals surface area (Å²) in [4.78, 5) is 108. The molecule has 0 aliphatic rings. The first-order chi connectivity index (χ1) is 47.4. The number of carboxylic acids is 1. The monoisotopic (exact) mass is 1710 g/mol. The number of aromatic hydroxyl groups is 2. The van der Waals surface area contributed by atoms with Gasteiger partial charge in [-0.15, -0.1) is 17.0 Å². The number of nitro groups is 2. The Morgan fingerprint density at radius 2 is 0.738 bits per heavy atom. The van der Waals surface area contributed by atoms with Crippen molar-refractivity contribution in [2.45, 2.75) is 48.5 Å². The van der Waals surface area contributed by atoms with Gasteiger partial charge in [0.2, 0.25) is 11.5 Å². The smallest absolute Gasteiger partial charge is 0.339 e. The van der Waals surface area contributed by atoms with Crippen molar-refractivity contribution < 1.29 is 82.4 Å². The van der Waals surface area contributed by atoms with Crippen LogP contribution in [0.3, 0.4) is 0 Å². The molecule has 7 aromatic rings. The molecule has 0 aliphatic carbocycles. The summed E-state index contributed by atoms with van der Waals surface area (Å²) in [5.74, 6) is -0.686. The number of nitrogen functional groups attached to an aromatic ring is 1. The number of ether oxygens (including phenoxy) is 5. The lowest BCUT2D eigenvalue weighted by Crippen LogP contribution is -2.23. The van der Waals surface area contributed by atoms with Gasteiger partial charge in [-0.05, 0) is 135 Å². The molecule has 560 valence electrons. The molecule has 5 amide bonds. The summed E-state index contributed by atoms with van der Waals surface area (Å²) in [5.41, 5.74) is 12.5. The number of anilines is 1. The third kappa shape index (κ3) is 25.4. The Hall–Kier alpha value is -9.56. The number of halogens is 5. The number of nitrogens with two attached hydrogens (primary N) is 1. The molecule has 0 saturated heterocycles. The SMILES string of the molecule is Br.COc1c([N+](=O)[O-])cc(Br)c(C)c1C(=O)N(C)C.COc1ccc(Br)c(C)c1C(=O)N(C)C.COc1cccc(C)c1C(=O)Cl.COc1cccc(C)c1C(=O)N(C)C.COc1cccc(C)c1C(=O)O.Cc1c(Br)cc([N+](=O)[O-])c(O)c1C(=O)N(C)C.Cc1ccc(N)c(O)c1C(=O)N(C)C. The van der Waals surface area contributed by atoms with Gasteiger partial charge in [0, 0.05) is 96.0 Å². The number of aryl methyl sites for hydroxylation is 4. The average molecular weight is 1710 g/mol. The zero-order chi connectivity index (χ0) is 78.8. The predicted molar refractivity (Wildman–Crippen MR) is 413 cm³/mol. The number of rotatable bonds is 14. The van der Waals surface area contributed by atoms with E-state index in [1.165, 1.54) is 67.2 Å². The van der Waals surface area contributed by atoms with Crippen molar-refractivity contribution in [3.63, 3.8) is 0 Å². The lowest BCUT2D eigenvalue weighted by molar-refractivity contribution is -0.386. The van der Waals surface area contributed by atoms with Crippen LogP contribution < -0.4 is 29.4 Å². The van der Waals surface area contributed by atoms with Gasteiger partial charge in [0.15, 0.2) is 5.75 Å². The molecule has 0 bridgehead atoms. The van der Waals surface area contributed by atoms with E-state index in [1.807, 2.05) is 51.1 Å². The molecular formula is C71H87Br4ClN8O19. The minimum absolute atomic E-state index is 0. The molecule has 0 atom stereocenters. The van der Waals surface area contributed by atoms with E-state index in [0.717, 1.165) is 26.7 Å². The molecule has 0 fully saturated rings. The number of phenols is 2. The standard InChI is InChI=1S/C11H13BrN2O4.C11H14BrNO2.C11H15NO2.C10H11BrN2O4.C10H14N2O2.C9H9ClO2.C9H10O3.BrH/c1-6-7(12)5-8(14(16)17)10(18-4)9(6)11(15)13(2)3;1-7-8(12)5-6-9(15-4)10(7)11(14)13(2)3;1-8-6-5-7-9(14-4)10(8)11(13)12(2)3;1-5-6(11)4-7(13(16)17)9(14)8(5)10(15)12(2)3;1-6-4-5-7(11)9(13)8(6)10(14)12(2)3;2*1-6-4-3-5-7(12-2)8(6)9(10)11;/h5H,1-4H3;5-6H,1-4H3;5-7H,1-4H3;4,14H,1-3H3;4-5,13H,11H2,1-3H3;3-5H,1-2H3;3-5H,1-2H3,(H,10,11);1H. The minimum atomic E-state index is -0.954. The van der Waals surface area contributed by atoms with Crippen molar-refractivity contribution in [2.75, 3.05) is 112 Å². The predicted octanol–water partition coefficient (Wildman–Crippen LogP) is 14.3. The van der Waals surface area contributed by atoms with Crippen molar-refractivity contribution in [1.82, 2.24) is 24.5 Å². The first kappa shape index (κ1) is 93.4. The summed E-state index contributed by atoms with van der Waals surface area (Å²) in [7, 11) is 23.8. The molecule has 0 spiro atoms. The van der Waals surface area contributed by atoms with Crippen LogP contribution in [-0.2, 0) is 0 Å². The van der Waals surface area contributed by atoms with E-state index in [1.54, 1.807) is 152 Å². The molecule has 32 heteroatoms. The van der Waals surface area contributed by atoms with Gasteiger partial charge in [-0.2, -0.15) is 0 Å². The summed E-state index contributed by atoms with van der Waals surface area (Å²) in [6, 6.07) is 25.5. The quantitative estimate of drug-likeness (QED) is 0.0258. The summed E-state index contributed by atoms with van der Waals surface area (Å²) in [6.07, 6.45) is 0. The molecule has 103 heavy (non-hydrogen) atoms. The largest absolute Gasteiger partial charge is 0.505 e. The Balaban J connectivity index is 0.00000118. The van der Waals surface area contributed by atoms with Crippen molar-refractivity contribution in [2.24, 2.45) is 0 Å². The van der Waals surface area contributed by atoms with Gasteiger partial charge in [0.25, 0.3) is 34.8 Å². The van der Waals surface area contributed by atoms with Gasteiger partial charge in [-0.3, -0.25) is 49.0 Å². The fourth-order valence-corrected chi connectivity index (χ4v) is 10.3. The molecule has 0 aliphatic heterocycles. The maximum atomic E-state index is 12.1. The van der Waals surface area contributed by atoms with E-state index in [-0.39, 0.29) is 85.7 Å². The average Bonchev–Trinajstić information content (AvgIpc) is 0.795. The summed E-state index contributed by atoms with van der Waals surface area (Å²) in [6.45, 7) is 12.4. The normalized spacial score (nSPS) is 9.77. The Kier molecular flexibility index (Phi) is 39.4. The van der Waals surface area contributed by atoms with Crippen molar-refractivity contribution >= 4 is 134 Å².